The average Bonchev–Trinajstić information content (AvgIpc) is 2.38. The summed E-state index contributed by atoms with van der Waals surface area (Å²) in [5, 5.41) is 6.18. The lowest BCUT2D eigenvalue weighted by Gasteiger charge is -2.25. The van der Waals surface area contributed by atoms with Gasteiger partial charge in [-0.05, 0) is 19.4 Å². The number of piperidine rings is 1. The number of hydrogen-bond donors (Lipinski definition) is 2. The Morgan fingerprint density at radius 2 is 2.29 bits per heavy atom. The number of ether oxygens (including phenoxy) is 2. The molecule has 1 unspecified atom stereocenters. The summed E-state index contributed by atoms with van der Waals surface area (Å²) < 4.78 is 10.7. The highest BCUT2D eigenvalue weighted by Gasteiger charge is 2.22. The van der Waals surface area contributed by atoms with Gasteiger partial charge in [-0.1, -0.05) is 0 Å². The second-order valence-corrected chi connectivity index (χ2v) is 4.36. The zero-order valence-corrected chi connectivity index (χ0v) is 10.8. The fourth-order valence-electron chi connectivity index (χ4n) is 2.09. The maximum atomic E-state index is 11.8. The molecule has 0 saturated carbocycles. The molecule has 2 aliphatic rings. The van der Waals surface area contributed by atoms with Crippen LogP contribution >= 0.6 is 12.4 Å². The monoisotopic (exact) mass is 264 g/mol. The average molecular weight is 265 g/mol. The van der Waals surface area contributed by atoms with Gasteiger partial charge < -0.3 is 20.1 Å². The Hall–Kier alpha value is -0.360. The minimum Gasteiger partial charge on any atom is -0.376 e. The van der Waals surface area contributed by atoms with Crippen molar-refractivity contribution in [2.75, 3.05) is 39.5 Å². The van der Waals surface area contributed by atoms with Gasteiger partial charge in [-0.15, -0.1) is 12.4 Å². The summed E-state index contributed by atoms with van der Waals surface area (Å²) in [6, 6.07) is 0. The number of nitrogens with one attached hydrogen (secondary N) is 2. The van der Waals surface area contributed by atoms with E-state index in [1.807, 2.05) is 0 Å². The van der Waals surface area contributed by atoms with Crippen LogP contribution in [0.25, 0.3) is 0 Å². The molecule has 2 aliphatic heterocycles. The first-order valence-electron chi connectivity index (χ1n) is 6.04. The van der Waals surface area contributed by atoms with Crippen molar-refractivity contribution in [3.63, 3.8) is 0 Å². The Balaban J connectivity index is 0.00000144. The predicted octanol–water partition coefficient (Wildman–Crippen LogP) is -0.0606. The Bertz CT molecular complexity index is 229. The molecule has 2 saturated heterocycles. The lowest BCUT2D eigenvalue weighted by atomic mass is 9.99. The molecule has 2 fully saturated rings. The molecule has 5 nitrogen and oxygen atoms in total. The van der Waals surface area contributed by atoms with Crippen molar-refractivity contribution in [2.45, 2.75) is 18.9 Å². The van der Waals surface area contributed by atoms with Crippen molar-refractivity contribution in [3.8, 4) is 0 Å². The summed E-state index contributed by atoms with van der Waals surface area (Å²) >= 11 is 0. The molecule has 2 heterocycles. The fourth-order valence-corrected chi connectivity index (χ4v) is 2.09. The van der Waals surface area contributed by atoms with E-state index < -0.39 is 0 Å². The van der Waals surface area contributed by atoms with E-state index in [0.717, 1.165) is 25.9 Å². The molecule has 2 atom stereocenters. The van der Waals surface area contributed by atoms with Crippen molar-refractivity contribution >= 4 is 18.3 Å². The normalized spacial score (nSPS) is 29.2. The second kappa shape index (κ2) is 7.87. The van der Waals surface area contributed by atoms with Gasteiger partial charge in [0.05, 0.1) is 31.8 Å². The lowest BCUT2D eigenvalue weighted by molar-refractivity contribution is -0.128. The zero-order valence-electron chi connectivity index (χ0n) is 9.94. The standard InChI is InChI=1S/C11H20N2O3.ClH/c14-11(9-2-1-3-12-6-9)13-7-10-8-15-4-5-16-10;/h9-10,12H,1-8H2,(H,13,14);1H/t9-,10?;/m1./s1. The molecule has 0 aromatic rings. The SMILES string of the molecule is Cl.O=C(NCC1COCCO1)[C@@H]1CCCNC1. The minimum atomic E-state index is 0. The maximum absolute atomic E-state index is 11.8. The quantitative estimate of drug-likeness (QED) is 0.750. The molecule has 17 heavy (non-hydrogen) atoms. The lowest BCUT2D eigenvalue weighted by Crippen LogP contribution is -2.45. The summed E-state index contributed by atoms with van der Waals surface area (Å²) in [6.45, 7) is 4.28. The molecule has 0 radical (unpaired) electrons. The van der Waals surface area contributed by atoms with Crippen molar-refractivity contribution in [2.24, 2.45) is 5.92 Å². The first-order chi connectivity index (χ1) is 7.86. The van der Waals surface area contributed by atoms with Crippen LogP contribution in [0, 0.1) is 5.92 Å². The Morgan fingerprint density at radius 1 is 1.41 bits per heavy atom. The third kappa shape index (κ3) is 4.79. The van der Waals surface area contributed by atoms with Crippen LogP contribution in [-0.4, -0.2) is 51.5 Å². The van der Waals surface area contributed by atoms with E-state index in [-0.39, 0.29) is 30.3 Å². The Kier molecular flexibility index (Phi) is 6.80. The molecule has 0 bridgehead atoms. The van der Waals surface area contributed by atoms with Crippen LogP contribution in [0.2, 0.25) is 0 Å². The molecule has 2 N–H and O–H groups in total. The summed E-state index contributed by atoms with van der Waals surface area (Å²) in [7, 11) is 0. The van der Waals surface area contributed by atoms with Crippen LogP contribution in [0.3, 0.4) is 0 Å². The van der Waals surface area contributed by atoms with Crippen LogP contribution in [0.1, 0.15) is 12.8 Å². The Labute approximate surface area is 108 Å². The number of carbonyl (C=O) groups excluding carboxylic acids is 1. The van der Waals surface area contributed by atoms with E-state index in [2.05, 4.69) is 10.6 Å². The maximum Gasteiger partial charge on any atom is 0.224 e. The van der Waals surface area contributed by atoms with Crippen molar-refractivity contribution < 1.29 is 14.3 Å². The molecule has 0 spiro atoms. The third-order valence-corrected chi connectivity index (χ3v) is 3.06. The highest BCUT2D eigenvalue weighted by molar-refractivity contribution is 5.85. The number of amides is 1. The van der Waals surface area contributed by atoms with E-state index >= 15 is 0 Å². The highest BCUT2D eigenvalue weighted by atomic mass is 35.5. The summed E-state index contributed by atoms with van der Waals surface area (Å²) in [6.07, 6.45) is 2.09. The summed E-state index contributed by atoms with van der Waals surface area (Å²) in [4.78, 5) is 11.8. The Morgan fingerprint density at radius 3 is 2.94 bits per heavy atom. The molecular weight excluding hydrogens is 244 g/mol. The van der Waals surface area contributed by atoms with Gasteiger partial charge in [0.2, 0.25) is 5.91 Å². The smallest absolute Gasteiger partial charge is 0.224 e. The van der Waals surface area contributed by atoms with Gasteiger partial charge in [0, 0.05) is 13.1 Å². The van der Waals surface area contributed by atoms with Gasteiger partial charge in [0.25, 0.3) is 0 Å². The van der Waals surface area contributed by atoms with Crippen LogP contribution in [0.5, 0.6) is 0 Å². The van der Waals surface area contributed by atoms with E-state index in [1.165, 1.54) is 0 Å². The van der Waals surface area contributed by atoms with Crippen molar-refractivity contribution in [3.05, 3.63) is 0 Å². The largest absolute Gasteiger partial charge is 0.376 e. The first kappa shape index (κ1) is 14.7. The van der Waals surface area contributed by atoms with Gasteiger partial charge in [0.1, 0.15) is 0 Å². The van der Waals surface area contributed by atoms with E-state index in [1.54, 1.807) is 0 Å². The molecule has 6 heteroatoms. The third-order valence-electron chi connectivity index (χ3n) is 3.06. The van der Waals surface area contributed by atoms with E-state index in [0.29, 0.717) is 26.4 Å². The highest BCUT2D eigenvalue weighted by Crippen LogP contribution is 2.09. The molecule has 0 aromatic carbocycles. The minimum absolute atomic E-state index is 0. The van der Waals surface area contributed by atoms with Crippen LogP contribution < -0.4 is 10.6 Å². The van der Waals surface area contributed by atoms with Gasteiger partial charge >= 0.3 is 0 Å². The van der Waals surface area contributed by atoms with Crippen LogP contribution in [-0.2, 0) is 14.3 Å². The van der Waals surface area contributed by atoms with Gasteiger partial charge in [0.15, 0.2) is 0 Å². The number of rotatable bonds is 3. The molecule has 2 rings (SSSR count). The molecule has 100 valence electrons. The molecule has 0 aromatic heterocycles. The molecule has 1 amide bonds. The van der Waals surface area contributed by atoms with Gasteiger partial charge in [-0.2, -0.15) is 0 Å². The van der Waals surface area contributed by atoms with Crippen LogP contribution in [0.15, 0.2) is 0 Å². The molecular formula is C11H21ClN2O3. The first-order valence-corrected chi connectivity index (χ1v) is 6.04. The number of hydrogen-bond acceptors (Lipinski definition) is 4. The summed E-state index contributed by atoms with van der Waals surface area (Å²) in [5.41, 5.74) is 0. The predicted molar refractivity (Wildman–Crippen MR) is 66.4 cm³/mol. The van der Waals surface area contributed by atoms with Crippen LogP contribution in [0.4, 0.5) is 0 Å². The number of carbonyl (C=O) groups is 1. The van der Waals surface area contributed by atoms with Crippen molar-refractivity contribution in [1.29, 1.82) is 0 Å². The topological polar surface area (TPSA) is 59.6 Å². The second-order valence-electron chi connectivity index (χ2n) is 4.36. The van der Waals surface area contributed by atoms with E-state index in [9.17, 15) is 4.79 Å². The van der Waals surface area contributed by atoms with Gasteiger partial charge in [-0.3, -0.25) is 4.79 Å². The number of halogens is 1. The molecule has 0 aliphatic carbocycles. The van der Waals surface area contributed by atoms with E-state index in [4.69, 9.17) is 9.47 Å². The van der Waals surface area contributed by atoms with Crippen molar-refractivity contribution in [1.82, 2.24) is 10.6 Å². The summed E-state index contributed by atoms with van der Waals surface area (Å²) in [5.74, 6) is 0.264. The van der Waals surface area contributed by atoms with Gasteiger partial charge in [-0.25, -0.2) is 0 Å². The fraction of sp³-hybridized carbons (Fsp3) is 0.909. The zero-order chi connectivity index (χ0) is 11.2.